The topological polar surface area (TPSA) is 40.1 Å². The molecule has 1 atom stereocenters. The molecule has 0 spiro atoms. The van der Waals surface area contributed by atoms with E-state index in [4.69, 9.17) is 0 Å². The van der Waals surface area contributed by atoms with E-state index in [0.717, 1.165) is 0 Å². The quantitative estimate of drug-likeness (QED) is 0.673. The third kappa shape index (κ3) is 3.01. The Morgan fingerprint density at radius 1 is 1.20 bits per heavy atom. The van der Waals surface area contributed by atoms with Crippen molar-refractivity contribution in [3.63, 3.8) is 0 Å². The van der Waals surface area contributed by atoms with Crippen molar-refractivity contribution >= 4 is 11.1 Å². The molecule has 1 radical (unpaired) electrons. The Morgan fingerprint density at radius 3 is 2.00 bits per heavy atom. The maximum atomic E-state index is 10.2. The molecular weight excluding hydrogens is 225 g/mol. The van der Waals surface area contributed by atoms with Crippen molar-refractivity contribution in [1.82, 2.24) is 0 Å². The number of hydrogen-bond donors (Lipinski definition) is 0. The minimum atomic E-state index is -2.08. The van der Waals surface area contributed by atoms with Crippen molar-refractivity contribution in [2.75, 3.05) is 0 Å². The predicted molar refractivity (Wildman–Crippen MR) is 33.6 cm³/mol. The van der Waals surface area contributed by atoms with E-state index in [-0.39, 0.29) is 32.7 Å². The monoisotopic (exact) mass is 230 g/mol. The van der Waals surface area contributed by atoms with E-state index in [9.17, 15) is 8.76 Å². The van der Waals surface area contributed by atoms with Crippen molar-refractivity contribution in [2.45, 2.75) is 4.90 Å². The van der Waals surface area contributed by atoms with Gasteiger partial charge in [-0.05, 0) is 23.2 Å². The fourth-order valence-corrected chi connectivity index (χ4v) is 0.911. The number of rotatable bonds is 1. The van der Waals surface area contributed by atoms with Crippen molar-refractivity contribution in [1.29, 1.82) is 0 Å². The SMILES string of the molecule is O=S([O-])c1ccccc1.[Y]. The van der Waals surface area contributed by atoms with Crippen LogP contribution in [0.2, 0.25) is 0 Å². The van der Waals surface area contributed by atoms with Crippen LogP contribution in [0.5, 0.6) is 0 Å². The van der Waals surface area contributed by atoms with Crippen LogP contribution in [0.1, 0.15) is 0 Å². The zero-order valence-corrected chi connectivity index (χ0v) is 8.84. The van der Waals surface area contributed by atoms with Crippen LogP contribution in [0.3, 0.4) is 0 Å². The van der Waals surface area contributed by atoms with Crippen LogP contribution >= 0.6 is 0 Å². The zero-order chi connectivity index (χ0) is 6.69. The second-order valence-electron chi connectivity index (χ2n) is 1.55. The molecule has 1 rings (SSSR count). The van der Waals surface area contributed by atoms with E-state index < -0.39 is 11.1 Å². The summed E-state index contributed by atoms with van der Waals surface area (Å²) < 4.78 is 20.4. The van der Waals surface area contributed by atoms with E-state index in [0.29, 0.717) is 4.90 Å². The van der Waals surface area contributed by atoms with E-state index in [2.05, 4.69) is 0 Å². The molecule has 0 amide bonds. The second-order valence-corrected chi connectivity index (χ2v) is 2.49. The van der Waals surface area contributed by atoms with Gasteiger partial charge in [0.15, 0.2) is 0 Å². The Labute approximate surface area is 87.2 Å². The average molecular weight is 230 g/mol. The molecule has 1 unspecified atom stereocenters. The summed E-state index contributed by atoms with van der Waals surface area (Å²) in [6.45, 7) is 0. The largest absolute Gasteiger partial charge is 0.768 e. The van der Waals surface area contributed by atoms with Gasteiger partial charge in [0.2, 0.25) is 0 Å². The molecule has 0 saturated carbocycles. The van der Waals surface area contributed by atoms with Gasteiger partial charge in [-0.3, -0.25) is 4.21 Å². The van der Waals surface area contributed by atoms with Crippen molar-refractivity contribution in [2.24, 2.45) is 0 Å². The Bertz CT molecular complexity index is 212. The van der Waals surface area contributed by atoms with Crippen LogP contribution in [0.4, 0.5) is 0 Å². The van der Waals surface area contributed by atoms with Gasteiger partial charge in [-0.25, -0.2) is 0 Å². The third-order valence-corrected chi connectivity index (χ3v) is 1.59. The van der Waals surface area contributed by atoms with Gasteiger partial charge < -0.3 is 4.55 Å². The maximum Gasteiger partial charge on any atom is 0.0248 e. The zero-order valence-electron chi connectivity index (χ0n) is 5.19. The van der Waals surface area contributed by atoms with Gasteiger partial charge in [0.05, 0.1) is 0 Å². The van der Waals surface area contributed by atoms with Crippen LogP contribution in [0, 0.1) is 0 Å². The molecule has 0 aliphatic rings. The molecule has 4 heteroatoms. The first-order valence-electron chi connectivity index (χ1n) is 2.45. The van der Waals surface area contributed by atoms with Gasteiger partial charge >= 0.3 is 0 Å². The van der Waals surface area contributed by atoms with Crippen LogP contribution in [0.25, 0.3) is 0 Å². The predicted octanol–water partition coefficient (Wildman–Crippen LogP) is 0.922. The van der Waals surface area contributed by atoms with E-state index in [1.165, 1.54) is 0 Å². The molecule has 51 valence electrons. The summed E-state index contributed by atoms with van der Waals surface area (Å²) in [5, 5.41) is 0. The Hall–Kier alpha value is 0.434. The van der Waals surface area contributed by atoms with Gasteiger partial charge in [0.1, 0.15) is 0 Å². The average Bonchev–Trinajstić information content (AvgIpc) is 1.90. The molecule has 1 aromatic carbocycles. The van der Waals surface area contributed by atoms with Crippen molar-refractivity contribution in [3.8, 4) is 0 Å². The standard InChI is InChI=1S/C6H6O2S.Y/c7-9(8)6-4-2-1-3-5-6;/h1-5H,(H,7,8);/p-1. The number of hydrogen-bond acceptors (Lipinski definition) is 2. The third-order valence-electron chi connectivity index (χ3n) is 0.936. The fourth-order valence-electron chi connectivity index (χ4n) is 0.532. The summed E-state index contributed by atoms with van der Waals surface area (Å²) in [6.07, 6.45) is 0. The Morgan fingerprint density at radius 2 is 1.70 bits per heavy atom. The summed E-state index contributed by atoms with van der Waals surface area (Å²) in [6, 6.07) is 8.23. The molecule has 0 bridgehead atoms. The van der Waals surface area contributed by atoms with E-state index in [1.54, 1.807) is 30.3 Å². The Balaban J connectivity index is 0.000000810. The van der Waals surface area contributed by atoms with E-state index in [1.807, 2.05) is 0 Å². The van der Waals surface area contributed by atoms with Crippen LogP contribution in [0.15, 0.2) is 35.2 Å². The summed E-state index contributed by atoms with van der Waals surface area (Å²) >= 11 is -2.08. The molecule has 10 heavy (non-hydrogen) atoms. The van der Waals surface area contributed by atoms with Crippen molar-refractivity contribution < 1.29 is 41.5 Å². The number of benzene rings is 1. The van der Waals surface area contributed by atoms with Gasteiger partial charge in [0.25, 0.3) is 0 Å². The van der Waals surface area contributed by atoms with Crippen LogP contribution in [-0.2, 0) is 43.8 Å². The molecule has 1 aromatic rings. The molecule has 0 fully saturated rings. The van der Waals surface area contributed by atoms with E-state index >= 15 is 0 Å². The summed E-state index contributed by atoms with van der Waals surface area (Å²) in [7, 11) is 0. The normalized spacial score (nSPS) is 11.7. The fraction of sp³-hybridized carbons (Fsp3) is 0. The summed E-state index contributed by atoms with van der Waals surface area (Å²) in [4.78, 5) is 0.331. The maximum absolute atomic E-state index is 10.2. The molecule has 2 nitrogen and oxygen atoms in total. The first kappa shape index (κ1) is 10.4. The molecule has 0 heterocycles. The minimum Gasteiger partial charge on any atom is -0.768 e. The smallest absolute Gasteiger partial charge is 0.0248 e. The molecule has 0 N–H and O–H groups in total. The first-order valence-corrected chi connectivity index (χ1v) is 3.52. The molecule has 0 aliphatic carbocycles. The first-order chi connectivity index (χ1) is 4.30. The Kier molecular flexibility index (Phi) is 5.36. The summed E-state index contributed by atoms with van der Waals surface area (Å²) in [5.41, 5.74) is 0. The van der Waals surface area contributed by atoms with Crippen LogP contribution in [-0.4, -0.2) is 8.76 Å². The molecular formula is C6H5O2SY-. The summed E-state index contributed by atoms with van der Waals surface area (Å²) in [5.74, 6) is 0. The van der Waals surface area contributed by atoms with Crippen LogP contribution < -0.4 is 0 Å². The van der Waals surface area contributed by atoms with Gasteiger partial charge in [-0.1, -0.05) is 18.2 Å². The minimum absolute atomic E-state index is 0. The van der Waals surface area contributed by atoms with Gasteiger partial charge in [-0.2, -0.15) is 0 Å². The molecule has 0 aromatic heterocycles. The molecule has 0 aliphatic heterocycles. The second kappa shape index (κ2) is 5.13. The molecule has 0 saturated heterocycles. The van der Waals surface area contributed by atoms with Gasteiger partial charge in [-0.15, -0.1) is 0 Å². The van der Waals surface area contributed by atoms with Gasteiger partial charge in [0, 0.05) is 37.6 Å². The van der Waals surface area contributed by atoms with Crippen molar-refractivity contribution in [3.05, 3.63) is 30.3 Å².